The van der Waals surface area contributed by atoms with Crippen molar-refractivity contribution in [2.75, 3.05) is 19.6 Å². The van der Waals surface area contributed by atoms with Crippen LogP contribution in [0.5, 0.6) is 0 Å². The SMILES string of the molecule is C#CCCCCNC(=O)N1CC(n2cc(C(=O)O)nn2)C1. The van der Waals surface area contributed by atoms with Gasteiger partial charge in [-0.3, -0.25) is 0 Å². The predicted octanol–water partition coefficient (Wildman–Crippen LogP) is 0.346. The third-order valence-electron chi connectivity index (χ3n) is 3.28. The van der Waals surface area contributed by atoms with Crippen molar-refractivity contribution in [1.29, 1.82) is 0 Å². The van der Waals surface area contributed by atoms with Gasteiger partial charge < -0.3 is 15.3 Å². The number of terminal acetylenes is 1. The molecule has 8 nitrogen and oxygen atoms in total. The van der Waals surface area contributed by atoms with E-state index in [1.54, 1.807) is 4.90 Å². The lowest BCUT2D eigenvalue weighted by Crippen LogP contribution is -2.54. The molecular formula is C13H17N5O3. The lowest BCUT2D eigenvalue weighted by atomic mass is 10.1. The summed E-state index contributed by atoms with van der Waals surface area (Å²) in [7, 11) is 0. The summed E-state index contributed by atoms with van der Waals surface area (Å²) in [6.07, 6.45) is 9.00. The van der Waals surface area contributed by atoms with Gasteiger partial charge in [0.2, 0.25) is 0 Å². The van der Waals surface area contributed by atoms with Crippen molar-refractivity contribution in [1.82, 2.24) is 25.2 Å². The van der Waals surface area contributed by atoms with Crippen LogP contribution >= 0.6 is 0 Å². The average molecular weight is 291 g/mol. The van der Waals surface area contributed by atoms with Crippen molar-refractivity contribution in [3.63, 3.8) is 0 Å². The fourth-order valence-electron chi connectivity index (χ4n) is 2.00. The second kappa shape index (κ2) is 6.74. The average Bonchev–Trinajstić information content (AvgIpc) is 2.86. The zero-order chi connectivity index (χ0) is 15.2. The molecule has 112 valence electrons. The van der Waals surface area contributed by atoms with Crippen molar-refractivity contribution in [2.45, 2.75) is 25.3 Å². The van der Waals surface area contributed by atoms with E-state index in [2.05, 4.69) is 21.5 Å². The Hall–Kier alpha value is -2.56. The fraction of sp³-hybridized carbons (Fsp3) is 0.538. The molecule has 21 heavy (non-hydrogen) atoms. The van der Waals surface area contributed by atoms with E-state index in [0.717, 1.165) is 19.3 Å². The molecular weight excluding hydrogens is 274 g/mol. The lowest BCUT2D eigenvalue weighted by Gasteiger charge is -2.38. The Kier molecular flexibility index (Phi) is 4.77. The molecule has 1 aliphatic rings. The third kappa shape index (κ3) is 3.72. The Morgan fingerprint density at radius 1 is 1.48 bits per heavy atom. The molecule has 1 aliphatic heterocycles. The molecule has 1 fully saturated rings. The number of hydrogen-bond acceptors (Lipinski definition) is 4. The van der Waals surface area contributed by atoms with Crippen molar-refractivity contribution in [3.8, 4) is 12.3 Å². The summed E-state index contributed by atoms with van der Waals surface area (Å²) in [6, 6.07) is -0.136. The maximum absolute atomic E-state index is 11.8. The molecule has 2 heterocycles. The molecule has 0 aliphatic carbocycles. The molecule has 0 radical (unpaired) electrons. The summed E-state index contributed by atoms with van der Waals surface area (Å²) >= 11 is 0. The highest BCUT2D eigenvalue weighted by Gasteiger charge is 2.32. The van der Waals surface area contributed by atoms with Crippen LogP contribution < -0.4 is 5.32 Å². The van der Waals surface area contributed by atoms with Crippen LogP contribution in [0.15, 0.2) is 6.20 Å². The number of carbonyl (C=O) groups is 2. The van der Waals surface area contributed by atoms with E-state index in [-0.39, 0.29) is 17.8 Å². The highest BCUT2D eigenvalue weighted by molar-refractivity contribution is 5.84. The highest BCUT2D eigenvalue weighted by Crippen LogP contribution is 2.20. The minimum Gasteiger partial charge on any atom is -0.476 e. The van der Waals surface area contributed by atoms with Crippen LogP contribution in [0, 0.1) is 12.3 Å². The molecule has 1 saturated heterocycles. The van der Waals surface area contributed by atoms with Gasteiger partial charge in [-0.1, -0.05) is 5.21 Å². The second-order valence-corrected chi connectivity index (χ2v) is 4.84. The number of carbonyl (C=O) groups excluding carboxylic acids is 1. The molecule has 1 aromatic rings. The largest absolute Gasteiger partial charge is 0.476 e. The molecule has 8 heteroatoms. The van der Waals surface area contributed by atoms with E-state index < -0.39 is 5.97 Å². The molecule has 0 spiro atoms. The highest BCUT2D eigenvalue weighted by atomic mass is 16.4. The van der Waals surface area contributed by atoms with Gasteiger partial charge in [-0.05, 0) is 12.8 Å². The van der Waals surface area contributed by atoms with Gasteiger partial charge in [0.15, 0.2) is 5.69 Å². The van der Waals surface area contributed by atoms with Crippen LogP contribution in [0.25, 0.3) is 0 Å². The number of amides is 2. The lowest BCUT2D eigenvalue weighted by molar-refractivity contribution is 0.0690. The van der Waals surface area contributed by atoms with Gasteiger partial charge in [-0.2, -0.15) is 0 Å². The third-order valence-corrected chi connectivity index (χ3v) is 3.28. The molecule has 2 rings (SSSR count). The Labute approximate surface area is 122 Å². The van der Waals surface area contributed by atoms with Gasteiger partial charge in [0.1, 0.15) is 0 Å². The number of hydrogen-bond donors (Lipinski definition) is 2. The van der Waals surface area contributed by atoms with Crippen LogP contribution in [0.4, 0.5) is 4.79 Å². The Bertz CT molecular complexity index is 556. The molecule has 2 N–H and O–H groups in total. The summed E-state index contributed by atoms with van der Waals surface area (Å²) in [5.41, 5.74) is -0.0913. The van der Waals surface area contributed by atoms with E-state index in [9.17, 15) is 9.59 Å². The predicted molar refractivity (Wildman–Crippen MR) is 73.7 cm³/mol. The Balaban J connectivity index is 1.69. The van der Waals surface area contributed by atoms with Gasteiger partial charge in [-0.25, -0.2) is 14.3 Å². The van der Waals surface area contributed by atoms with Crippen LogP contribution in [0.1, 0.15) is 35.8 Å². The van der Waals surface area contributed by atoms with E-state index in [1.807, 2.05) is 0 Å². The van der Waals surface area contributed by atoms with Gasteiger partial charge >= 0.3 is 12.0 Å². The summed E-state index contributed by atoms with van der Waals surface area (Å²) in [5.74, 6) is 1.45. The summed E-state index contributed by atoms with van der Waals surface area (Å²) in [4.78, 5) is 24.1. The number of aromatic nitrogens is 3. The number of unbranched alkanes of at least 4 members (excludes halogenated alkanes) is 2. The summed E-state index contributed by atoms with van der Waals surface area (Å²) in [5, 5.41) is 18.9. The molecule has 2 amide bonds. The summed E-state index contributed by atoms with van der Waals surface area (Å²) in [6.45, 7) is 1.60. The van der Waals surface area contributed by atoms with E-state index in [0.29, 0.717) is 19.6 Å². The number of nitrogens with one attached hydrogen (secondary N) is 1. The van der Waals surface area contributed by atoms with Gasteiger partial charge in [0.25, 0.3) is 0 Å². The minimum absolute atomic E-state index is 0.0159. The maximum Gasteiger partial charge on any atom is 0.358 e. The first-order valence-corrected chi connectivity index (χ1v) is 6.73. The first kappa shape index (κ1) is 14.8. The normalized spacial score (nSPS) is 14.3. The summed E-state index contributed by atoms with van der Waals surface area (Å²) < 4.78 is 1.49. The number of aromatic carboxylic acids is 1. The quantitative estimate of drug-likeness (QED) is 0.581. The molecule has 1 aromatic heterocycles. The van der Waals surface area contributed by atoms with Crippen LogP contribution in [-0.2, 0) is 0 Å². The van der Waals surface area contributed by atoms with Crippen molar-refractivity contribution >= 4 is 12.0 Å². The topological polar surface area (TPSA) is 100 Å². The minimum atomic E-state index is -1.11. The standard InChI is InChI=1S/C13H17N5O3/c1-2-3-4-5-6-14-13(21)17-7-10(8-17)18-9-11(12(19)20)15-16-18/h1,9-10H,3-8H2,(H,14,21)(H,19,20). The van der Waals surface area contributed by atoms with Crippen molar-refractivity contribution in [2.24, 2.45) is 0 Å². The number of carboxylic acid groups (broad SMARTS) is 1. The van der Waals surface area contributed by atoms with E-state index in [4.69, 9.17) is 11.5 Å². The second-order valence-electron chi connectivity index (χ2n) is 4.84. The first-order chi connectivity index (χ1) is 10.1. The molecule has 0 atom stereocenters. The van der Waals surface area contributed by atoms with Crippen molar-refractivity contribution < 1.29 is 14.7 Å². The molecule has 0 bridgehead atoms. The number of carboxylic acids is 1. The zero-order valence-electron chi connectivity index (χ0n) is 11.5. The Morgan fingerprint density at radius 3 is 2.86 bits per heavy atom. The molecule has 0 aromatic carbocycles. The van der Waals surface area contributed by atoms with Crippen LogP contribution in [0.3, 0.4) is 0 Å². The Morgan fingerprint density at radius 2 is 2.24 bits per heavy atom. The molecule has 0 saturated carbocycles. The van der Waals surface area contributed by atoms with Crippen LogP contribution in [-0.4, -0.2) is 56.6 Å². The number of nitrogens with zero attached hydrogens (tertiary/aromatic N) is 4. The number of rotatable bonds is 6. The first-order valence-electron chi connectivity index (χ1n) is 6.73. The van der Waals surface area contributed by atoms with E-state index in [1.165, 1.54) is 10.9 Å². The van der Waals surface area contributed by atoms with Gasteiger partial charge in [0, 0.05) is 26.1 Å². The van der Waals surface area contributed by atoms with Gasteiger partial charge in [0.05, 0.1) is 12.2 Å². The monoisotopic (exact) mass is 291 g/mol. The van der Waals surface area contributed by atoms with Crippen LogP contribution in [0.2, 0.25) is 0 Å². The van der Waals surface area contributed by atoms with Crippen molar-refractivity contribution in [3.05, 3.63) is 11.9 Å². The number of likely N-dealkylation sites (tertiary alicyclic amines) is 1. The van der Waals surface area contributed by atoms with E-state index >= 15 is 0 Å². The molecule has 0 unspecified atom stereocenters. The smallest absolute Gasteiger partial charge is 0.358 e. The maximum atomic E-state index is 11.8. The fourth-order valence-corrected chi connectivity index (χ4v) is 2.00. The zero-order valence-corrected chi connectivity index (χ0v) is 11.5. The van der Waals surface area contributed by atoms with Gasteiger partial charge in [-0.15, -0.1) is 17.4 Å². The number of urea groups is 1.